The van der Waals surface area contributed by atoms with E-state index in [0.29, 0.717) is 25.1 Å². The third-order valence-corrected chi connectivity index (χ3v) is 3.38. The third kappa shape index (κ3) is 2.47. The zero-order valence-electron chi connectivity index (χ0n) is 10.3. The molecule has 17 heavy (non-hydrogen) atoms. The van der Waals surface area contributed by atoms with Gasteiger partial charge in [0.15, 0.2) is 0 Å². The van der Waals surface area contributed by atoms with E-state index >= 15 is 0 Å². The SMILES string of the molecule is Cc1ncccc1C(=O)N1CCC(O)C(C)C1. The van der Waals surface area contributed by atoms with Crippen molar-refractivity contribution in [3.8, 4) is 0 Å². The van der Waals surface area contributed by atoms with Crippen molar-refractivity contribution >= 4 is 5.91 Å². The number of amides is 1. The number of carbonyl (C=O) groups excluding carboxylic acids is 1. The zero-order chi connectivity index (χ0) is 12.4. The second-order valence-corrected chi connectivity index (χ2v) is 4.72. The smallest absolute Gasteiger partial charge is 0.255 e. The van der Waals surface area contributed by atoms with E-state index in [9.17, 15) is 9.90 Å². The van der Waals surface area contributed by atoms with E-state index in [-0.39, 0.29) is 17.9 Å². The van der Waals surface area contributed by atoms with Gasteiger partial charge < -0.3 is 10.0 Å². The van der Waals surface area contributed by atoms with Crippen molar-refractivity contribution in [2.24, 2.45) is 5.92 Å². The molecular formula is C13H18N2O2. The van der Waals surface area contributed by atoms with Gasteiger partial charge in [-0.05, 0) is 31.4 Å². The van der Waals surface area contributed by atoms with Gasteiger partial charge in [0.05, 0.1) is 11.7 Å². The second-order valence-electron chi connectivity index (χ2n) is 4.72. The van der Waals surface area contributed by atoms with Crippen LogP contribution in [0.2, 0.25) is 0 Å². The van der Waals surface area contributed by atoms with Gasteiger partial charge in [-0.15, -0.1) is 0 Å². The van der Waals surface area contributed by atoms with E-state index in [2.05, 4.69) is 4.98 Å². The Balaban J connectivity index is 2.14. The van der Waals surface area contributed by atoms with Gasteiger partial charge in [-0.2, -0.15) is 0 Å². The molecule has 2 atom stereocenters. The highest BCUT2D eigenvalue weighted by Crippen LogP contribution is 2.19. The lowest BCUT2D eigenvalue weighted by Gasteiger charge is -2.34. The van der Waals surface area contributed by atoms with Crippen LogP contribution in [0.3, 0.4) is 0 Å². The molecule has 0 radical (unpaired) electrons. The number of hydrogen-bond donors (Lipinski definition) is 1. The molecule has 4 nitrogen and oxygen atoms in total. The molecule has 1 aliphatic heterocycles. The predicted octanol–water partition coefficient (Wildman–Crippen LogP) is 1.23. The summed E-state index contributed by atoms with van der Waals surface area (Å²) in [4.78, 5) is 18.2. The molecule has 4 heteroatoms. The molecule has 1 saturated heterocycles. The molecule has 1 N–H and O–H groups in total. The van der Waals surface area contributed by atoms with Crippen molar-refractivity contribution < 1.29 is 9.90 Å². The molecule has 1 aliphatic rings. The fourth-order valence-electron chi connectivity index (χ4n) is 2.20. The van der Waals surface area contributed by atoms with Crippen LogP contribution < -0.4 is 0 Å². The molecule has 2 unspecified atom stereocenters. The minimum atomic E-state index is -0.283. The van der Waals surface area contributed by atoms with Gasteiger partial charge in [0.25, 0.3) is 5.91 Å². The molecule has 0 spiro atoms. The van der Waals surface area contributed by atoms with Gasteiger partial charge in [0, 0.05) is 25.0 Å². The monoisotopic (exact) mass is 234 g/mol. The third-order valence-electron chi connectivity index (χ3n) is 3.38. The van der Waals surface area contributed by atoms with Gasteiger partial charge in [-0.1, -0.05) is 6.92 Å². The molecule has 1 aromatic heterocycles. The van der Waals surface area contributed by atoms with Crippen LogP contribution in [0.4, 0.5) is 0 Å². The number of aryl methyl sites for hydroxylation is 1. The standard InChI is InChI=1S/C13H18N2O2/c1-9-8-15(7-5-12(9)16)13(17)11-4-3-6-14-10(11)2/h3-4,6,9,12,16H,5,7-8H2,1-2H3. The minimum absolute atomic E-state index is 0.0225. The summed E-state index contributed by atoms with van der Waals surface area (Å²) in [6.45, 7) is 5.06. The van der Waals surface area contributed by atoms with Crippen LogP contribution in [0.1, 0.15) is 29.4 Å². The highest BCUT2D eigenvalue weighted by atomic mass is 16.3. The summed E-state index contributed by atoms with van der Waals surface area (Å²) in [6.07, 6.45) is 2.06. The molecular weight excluding hydrogens is 216 g/mol. The van der Waals surface area contributed by atoms with E-state index in [1.807, 2.05) is 13.8 Å². The fourth-order valence-corrected chi connectivity index (χ4v) is 2.20. The summed E-state index contributed by atoms with van der Waals surface area (Å²) in [5.41, 5.74) is 1.42. The van der Waals surface area contributed by atoms with Crippen molar-refractivity contribution in [2.75, 3.05) is 13.1 Å². The van der Waals surface area contributed by atoms with Gasteiger partial charge in [-0.3, -0.25) is 9.78 Å². The first-order valence-electron chi connectivity index (χ1n) is 5.98. The summed E-state index contributed by atoms with van der Waals surface area (Å²) in [7, 11) is 0. The molecule has 92 valence electrons. The number of aliphatic hydroxyl groups excluding tert-OH is 1. The van der Waals surface area contributed by atoms with Crippen molar-refractivity contribution in [3.05, 3.63) is 29.6 Å². The van der Waals surface area contributed by atoms with Crippen LogP contribution in [-0.4, -0.2) is 40.1 Å². The average molecular weight is 234 g/mol. The van der Waals surface area contributed by atoms with Crippen molar-refractivity contribution in [1.82, 2.24) is 9.88 Å². The van der Waals surface area contributed by atoms with E-state index in [1.54, 1.807) is 23.2 Å². The zero-order valence-corrected chi connectivity index (χ0v) is 10.3. The summed E-state index contributed by atoms with van der Waals surface area (Å²) in [5, 5.41) is 9.65. The number of piperidine rings is 1. The Morgan fingerprint density at radius 2 is 2.35 bits per heavy atom. The fraction of sp³-hybridized carbons (Fsp3) is 0.538. The van der Waals surface area contributed by atoms with E-state index < -0.39 is 0 Å². The van der Waals surface area contributed by atoms with E-state index in [1.165, 1.54) is 0 Å². The first-order valence-corrected chi connectivity index (χ1v) is 5.98. The Kier molecular flexibility index (Phi) is 3.43. The number of rotatable bonds is 1. The normalized spacial score (nSPS) is 24.8. The van der Waals surface area contributed by atoms with Gasteiger partial charge in [-0.25, -0.2) is 0 Å². The van der Waals surface area contributed by atoms with Gasteiger partial charge in [0.1, 0.15) is 0 Å². The lowest BCUT2D eigenvalue weighted by Crippen LogP contribution is -2.45. The van der Waals surface area contributed by atoms with Crippen LogP contribution in [0.15, 0.2) is 18.3 Å². The summed E-state index contributed by atoms with van der Waals surface area (Å²) in [5.74, 6) is 0.166. The van der Waals surface area contributed by atoms with E-state index in [4.69, 9.17) is 0 Å². The van der Waals surface area contributed by atoms with Crippen molar-refractivity contribution in [2.45, 2.75) is 26.4 Å². The summed E-state index contributed by atoms with van der Waals surface area (Å²) in [6, 6.07) is 3.59. The largest absolute Gasteiger partial charge is 0.393 e. The molecule has 0 aliphatic carbocycles. The van der Waals surface area contributed by atoms with Crippen LogP contribution in [-0.2, 0) is 0 Å². The number of nitrogens with zero attached hydrogens (tertiary/aromatic N) is 2. The molecule has 2 heterocycles. The molecule has 0 saturated carbocycles. The first kappa shape index (κ1) is 12.0. The number of pyridine rings is 1. The lowest BCUT2D eigenvalue weighted by molar-refractivity contribution is 0.0297. The van der Waals surface area contributed by atoms with Gasteiger partial charge >= 0.3 is 0 Å². The Labute approximate surface area is 101 Å². The predicted molar refractivity (Wildman–Crippen MR) is 64.7 cm³/mol. The highest BCUT2D eigenvalue weighted by molar-refractivity contribution is 5.95. The number of aliphatic hydroxyl groups is 1. The van der Waals surface area contributed by atoms with Crippen LogP contribution >= 0.6 is 0 Å². The molecule has 0 aromatic carbocycles. The Morgan fingerprint density at radius 3 is 3.00 bits per heavy atom. The lowest BCUT2D eigenvalue weighted by atomic mass is 9.96. The number of likely N-dealkylation sites (tertiary alicyclic amines) is 1. The Hall–Kier alpha value is -1.42. The van der Waals surface area contributed by atoms with Crippen LogP contribution in [0.5, 0.6) is 0 Å². The maximum absolute atomic E-state index is 12.3. The summed E-state index contributed by atoms with van der Waals surface area (Å²) >= 11 is 0. The molecule has 1 aromatic rings. The summed E-state index contributed by atoms with van der Waals surface area (Å²) < 4.78 is 0. The highest BCUT2D eigenvalue weighted by Gasteiger charge is 2.28. The molecule has 1 fully saturated rings. The average Bonchev–Trinajstić information content (AvgIpc) is 2.32. The maximum atomic E-state index is 12.3. The number of carbonyl (C=O) groups is 1. The minimum Gasteiger partial charge on any atom is -0.393 e. The Bertz CT molecular complexity index is 420. The molecule has 0 bridgehead atoms. The quantitative estimate of drug-likeness (QED) is 0.795. The second kappa shape index (κ2) is 4.84. The van der Waals surface area contributed by atoms with Crippen molar-refractivity contribution in [1.29, 1.82) is 0 Å². The van der Waals surface area contributed by atoms with Crippen LogP contribution in [0.25, 0.3) is 0 Å². The molecule has 1 amide bonds. The maximum Gasteiger partial charge on any atom is 0.255 e. The van der Waals surface area contributed by atoms with E-state index in [0.717, 1.165) is 5.69 Å². The van der Waals surface area contributed by atoms with Crippen LogP contribution in [0, 0.1) is 12.8 Å². The first-order chi connectivity index (χ1) is 8.09. The number of hydrogen-bond acceptors (Lipinski definition) is 3. The van der Waals surface area contributed by atoms with Gasteiger partial charge in [0.2, 0.25) is 0 Å². The molecule has 2 rings (SSSR count). The topological polar surface area (TPSA) is 53.4 Å². The number of aromatic nitrogens is 1. The van der Waals surface area contributed by atoms with Crippen molar-refractivity contribution in [3.63, 3.8) is 0 Å². The Morgan fingerprint density at radius 1 is 1.59 bits per heavy atom.